The van der Waals surface area contributed by atoms with Gasteiger partial charge in [-0.25, -0.2) is 0 Å². The fourth-order valence-electron chi connectivity index (χ4n) is 4.09. The standard InChI is InChI=1S/C27H30N2O4S/c1-3-33-22-12-8-7-9-20(22)13-14-23(30)28-26-24(27(31)29-15-17-32-18-16-29)19(2)25(34-26)21-10-5-4-6-11-21/h4-12H,3,13-18H2,1-2H3,(H,28,30). The number of carbonyl (C=O) groups is 2. The van der Waals surface area contributed by atoms with Crippen molar-refractivity contribution < 1.29 is 19.1 Å². The van der Waals surface area contributed by atoms with E-state index in [1.807, 2.05) is 68.4 Å². The van der Waals surface area contributed by atoms with Gasteiger partial charge in [0.15, 0.2) is 0 Å². The number of nitrogens with zero attached hydrogens (tertiary/aromatic N) is 1. The Balaban J connectivity index is 1.57. The third kappa shape index (κ3) is 5.48. The van der Waals surface area contributed by atoms with Gasteiger partial charge in [0, 0.05) is 24.4 Å². The van der Waals surface area contributed by atoms with Crippen molar-refractivity contribution >= 4 is 28.2 Å². The number of nitrogens with one attached hydrogen (secondary N) is 1. The molecule has 0 bridgehead atoms. The lowest BCUT2D eigenvalue weighted by Gasteiger charge is -2.27. The summed E-state index contributed by atoms with van der Waals surface area (Å²) in [5, 5.41) is 3.65. The summed E-state index contributed by atoms with van der Waals surface area (Å²) >= 11 is 1.46. The van der Waals surface area contributed by atoms with Gasteiger partial charge in [-0.2, -0.15) is 0 Å². The summed E-state index contributed by atoms with van der Waals surface area (Å²) in [5.41, 5.74) is 3.50. The topological polar surface area (TPSA) is 67.9 Å². The van der Waals surface area contributed by atoms with Crippen LogP contribution in [0.5, 0.6) is 5.75 Å². The molecule has 0 atom stereocenters. The zero-order valence-corrected chi connectivity index (χ0v) is 20.5. The molecule has 2 aromatic carbocycles. The average molecular weight is 479 g/mol. The predicted octanol–water partition coefficient (Wildman–Crippen LogP) is 5.17. The number of hydrogen-bond donors (Lipinski definition) is 1. The summed E-state index contributed by atoms with van der Waals surface area (Å²) < 4.78 is 11.1. The van der Waals surface area contributed by atoms with E-state index in [0.29, 0.717) is 56.3 Å². The number of benzene rings is 2. The zero-order valence-electron chi connectivity index (χ0n) is 19.6. The largest absolute Gasteiger partial charge is 0.494 e. The lowest BCUT2D eigenvalue weighted by atomic mass is 10.1. The number of amides is 2. The van der Waals surface area contributed by atoms with Crippen LogP contribution < -0.4 is 10.1 Å². The van der Waals surface area contributed by atoms with Crippen LogP contribution >= 0.6 is 11.3 Å². The molecular weight excluding hydrogens is 448 g/mol. The van der Waals surface area contributed by atoms with Crippen molar-refractivity contribution in [3.63, 3.8) is 0 Å². The summed E-state index contributed by atoms with van der Waals surface area (Å²) in [6.45, 7) is 6.64. The lowest BCUT2D eigenvalue weighted by Crippen LogP contribution is -2.41. The minimum absolute atomic E-state index is 0.0591. The quantitative estimate of drug-likeness (QED) is 0.485. The highest BCUT2D eigenvalue weighted by molar-refractivity contribution is 7.20. The highest BCUT2D eigenvalue weighted by Crippen LogP contribution is 2.40. The molecule has 178 valence electrons. The third-order valence-corrected chi connectivity index (χ3v) is 7.10. The number of para-hydroxylation sites is 1. The van der Waals surface area contributed by atoms with E-state index < -0.39 is 0 Å². The van der Waals surface area contributed by atoms with E-state index in [0.717, 1.165) is 27.3 Å². The van der Waals surface area contributed by atoms with E-state index in [2.05, 4.69) is 5.32 Å². The Hall–Kier alpha value is -3.16. The van der Waals surface area contributed by atoms with Gasteiger partial charge in [0.25, 0.3) is 5.91 Å². The van der Waals surface area contributed by atoms with Gasteiger partial charge in [0.05, 0.1) is 25.4 Å². The first-order chi connectivity index (χ1) is 16.6. The summed E-state index contributed by atoms with van der Waals surface area (Å²) in [5.74, 6) is 0.624. The lowest BCUT2D eigenvalue weighted by molar-refractivity contribution is -0.116. The van der Waals surface area contributed by atoms with Crippen LogP contribution in [0.1, 0.15) is 34.8 Å². The summed E-state index contributed by atoms with van der Waals surface area (Å²) in [6.07, 6.45) is 0.859. The number of hydrogen-bond acceptors (Lipinski definition) is 5. The van der Waals surface area contributed by atoms with E-state index in [4.69, 9.17) is 9.47 Å². The zero-order chi connectivity index (χ0) is 23.9. The van der Waals surface area contributed by atoms with Crippen molar-refractivity contribution in [2.24, 2.45) is 0 Å². The van der Waals surface area contributed by atoms with Crippen molar-refractivity contribution in [3.05, 3.63) is 71.3 Å². The minimum Gasteiger partial charge on any atom is -0.494 e. The molecule has 0 saturated carbocycles. The number of rotatable bonds is 8. The first-order valence-corrected chi connectivity index (χ1v) is 12.5. The molecule has 1 aliphatic heterocycles. The van der Waals surface area contributed by atoms with Crippen LogP contribution in [-0.2, 0) is 16.0 Å². The number of ether oxygens (including phenoxy) is 2. The molecular formula is C27H30N2O4S. The van der Waals surface area contributed by atoms with Crippen molar-refractivity contribution in [2.75, 3.05) is 38.2 Å². The van der Waals surface area contributed by atoms with Crippen LogP contribution in [0, 0.1) is 6.92 Å². The van der Waals surface area contributed by atoms with Gasteiger partial charge in [0.2, 0.25) is 5.91 Å². The molecule has 2 amide bonds. The molecule has 6 nitrogen and oxygen atoms in total. The highest BCUT2D eigenvalue weighted by atomic mass is 32.1. The summed E-state index contributed by atoms with van der Waals surface area (Å²) in [7, 11) is 0. The van der Waals surface area contributed by atoms with Crippen molar-refractivity contribution in [1.82, 2.24) is 4.90 Å². The number of morpholine rings is 1. The number of aryl methyl sites for hydroxylation is 1. The number of anilines is 1. The maximum atomic E-state index is 13.5. The molecule has 3 aromatic rings. The second-order valence-corrected chi connectivity index (χ2v) is 9.14. The normalized spacial score (nSPS) is 13.5. The molecule has 1 fully saturated rings. The Morgan fingerprint density at radius 3 is 2.50 bits per heavy atom. The highest BCUT2D eigenvalue weighted by Gasteiger charge is 2.28. The average Bonchev–Trinajstić information content (AvgIpc) is 3.19. The van der Waals surface area contributed by atoms with Gasteiger partial charge in [-0.05, 0) is 43.0 Å². The molecule has 34 heavy (non-hydrogen) atoms. The van der Waals surface area contributed by atoms with Gasteiger partial charge in [-0.1, -0.05) is 48.5 Å². The molecule has 7 heteroatoms. The van der Waals surface area contributed by atoms with Crippen LogP contribution in [-0.4, -0.2) is 49.6 Å². The second-order valence-electron chi connectivity index (χ2n) is 8.12. The number of carbonyl (C=O) groups excluding carboxylic acids is 2. The second kappa shape index (κ2) is 11.3. The van der Waals surface area contributed by atoms with Crippen LogP contribution in [0.25, 0.3) is 10.4 Å². The van der Waals surface area contributed by atoms with Crippen molar-refractivity contribution in [1.29, 1.82) is 0 Å². The van der Waals surface area contributed by atoms with Crippen molar-refractivity contribution in [3.8, 4) is 16.2 Å². The minimum atomic E-state index is -0.122. The molecule has 1 aromatic heterocycles. The molecule has 1 saturated heterocycles. The molecule has 4 rings (SSSR count). The first-order valence-electron chi connectivity index (χ1n) is 11.6. The van der Waals surface area contributed by atoms with Crippen LogP contribution in [0.3, 0.4) is 0 Å². The van der Waals surface area contributed by atoms with E-state index in [1.54, 1.807) is 4.90 Å². The Labute approximate surface area is 204 Å². The SMILES string of the molecule is CCOc1ccccc1CCC(=O)Nc1sc(-c2ccccc2)c(C)c1C(=O)N1CCOCC1. The fourth-order valence-corrected chi connectivity index (χ4v) is 5.31. The third-order valence-electron chi connectivity index (χ3n) is 5.84. The smallest absolute Gasteiger partial charge is 0.257 e. The van der Waals surface area contributed by atoms with E-state index in [9.17, 15) is 9.59 Å². The van der Waals surface area contributed by atoms with Crippen molar-refractivity contribution in [2.45, 2.75) is 26.7 Å². The molecule has 0 aliphatic carbocycles. The Kier molecular flexibility index (Phi) is 7.98. The molecule has 0 unspecified atom stereocenters. The molecule has 1 aliphatic rings. The monoisotopic (exact) mass is 478 g/mol. The molecule has 1 N–H and O–H groups in total. The van der Waals surface area contributed by atoms with E-state index in [1.165, 1.54) is 11.3 Å². The summed E-state index contributed by atoms with van der Waals surface area (Å²) in [6, 6.07) is 17.8. The maximum absolute atomic E-state index is 13.5. The van der Waals surface area contributed by atoms with Gasteiger partial charge in [-0.3, -0.25) is 9.59 Å². The molecule has 0 spiro atoms. The Bertz CT molecular complexity index is 1140. The van der Waals surface area contributed by atoms with Crippen LogP contribution in [0.4, 0.5) is 5.00 Å². The van der Waals surface area contributed by atoms with E-state index in [-0.39, 0.29) is 11.8 Å². The van der Waals surface area contributed by atoms with Crippen LogP contribution in [0.15, 0.2) is 54.6 Å². The summed E-state index contributed by atoms with van der Waals surface area (Å²) in [4.78, 5) is 29.2. The van der Waals surface area contributed by atoms with Gasteiger partial charge < -0.3 is 19.7 Å². The number of thiophene rings is 1. The van der Waals surface area contributed by atoms with Gasteiger partial charge >= 0.3 is 0 Å². The maximum Gasteiger partial charge on any atom is 0.257 e. The fraction of sp³-hybridized carbons (Fsp3) is 0.333. The predicted molar refractivity (Wildman–Crippen MR) is 136 cm³/mol. The Morgan fingerprint density at radius 1 is 1.06 bits per heavy atom. The molecule has 2 heterocycles. The van der Waals surface area contributed by atoms with Gasteiger partial charge in [-0.15, -0.1) is 11.3 Å². The first kappa shape index (κ1) is 24.0. The molecule has 0 radical (unpaired) electrons. The van der Waals surface area contributed by atoms with Crippen LogP contribution in [0.2, 0.25) is 0 Å². The van der Waals surface area contributed by atoms with E-state index >= 15 is 0 Å². The Morgan fingerprint density at radius 2 is 1.76 bits per heavy atom. The van der Waals surface area contributed by atoms with Gasteiger partial charge in [0.1, 0.15) is 10.8 Å².